The molecular weight excluding hydrogens is 268 g/mol. The van der Waals surface area contributed by atoms with Gasteiger partial charge in [0.05, 0.1) is 13.2 Å². The molecule has 0 fully saturated rings. The van der Waals surface area contributed by atoms with E-state index in [1.165, 1.54) is 0 Å². The largest absolute Gasteiger partial charge is 0.465 e. The van der Waals surface area contributed by atoms with Gasteiger partial charge in [-0.2, -0.15) is 0 Å². The molecule has 0 aliphatic carbocycles. The van der Waals surface area contributed by atoms with Gasteiger partial charge in [-0.15, -0.1) is 0 Å². The van der Waals surface area contributed by atoms with Crippen LogP contribution in [0.1, 0.15) is 73.6 Å². The van der Waals surface area contributed by atoms with Crippen LogP contribution in [-0.2, 0) is 19.1 Å². The van der Waals surface area contributed by atoms with Crippen molar-refractivity contribution in [3.05, 3.63) is 0 Å². The van der Waals surface area contributed by atoms with Crippen LogP contribution in [0.2, 0.25) is 0 Å². The fraction of sp³-hybridized carbons (Fsp3) is 0.882. The fourth-order valence-electron chi connectivity index (χ4n) is 1.46. The SMILES string of the molecule is CCC(C)(C)CCOC(=O)CC(=O)OCCC(C)(C)CC. The van der Waals surface area contributed by atoms with Crippen molar-refractivity contribution in [3.63, 3.8) is 0 Å². The molecule has 0 aliphatic rings. The maximum Gasteiger partial charge on any atom is 0.317 e. The molecule has 0 spiro atoms. The van der Waals surface area contributed by atoms with Crippen molar-refractivity contribution in [3.8, 4) is 0 Å². The second-order valence-electron chi connectivity index (χ2n) is 7.15. The quantitative estimate of drug-likeness (QED) is 0.450. The van der Waals surface area contributed by atoms with Crippen LogP contribution in [0, 0.1) is 10.8 Å². The van der Waals surface area contributed by atoms with E-state index in [0.29, 0.717) is 13.2 Å². The molecule has 0 aromatic rings. The van der Waals surface area contributed by atoms with Crippen LogP contribution in [0.3, 0.4) is 0 Å². The predicted molar refractivity (Wildman–Crippen MR) is 83.9 cm³/mol. The monoisotopic (exact) mass is 300 g/mol. The van der Waals surface area contributed by atoms with E-state index in [0.717, 1.165) is 25.7 Å². The highest BCUT2D eigenvalue weighted by molar-refractivity contribution is 5.91. The number of carbonyl (C=O) groups is 2. The van der Waals surface area contributed by atoms with Crippen LogP contribution in [-0.4, -0.2) is 25.2 Å². The number of esters is 2. The average Bonchev–Trinajstić information content (AvgIpc) is 2.38. The Labute approximate surface area is 129 Å². The fourth-order valence-corrected chi connectivity index (χ4v) is 1.46. The maximum absolute atomic E-state index is 11.5. The second-order valence-corrected chi connectivity index (χ2v) is 7.15. The first-order chi connectivity index (χ1) is 9.62. The minimum Gasteiger partial charge on any atom is -0.465 e. The molecule has 0 rings (SSSR count). The third-order valence-corrected chi connectivity index (χ3v) is 4.29. The van der Waals surface area contributed by atoms with E-state index in [1.54, 1.807) is 0 Å². The van der Waals surface area contributed by atoms with Gasteiger partial charge in [0.1, 0.15) is 6.42 Å². The molecule has 0 amide bonds. The van der Waals surface area contributed by atoms with Gasteiger partial charge in [-0.05, 0) is 23.7 Å². The minimum atomic E-state index is -0.498. The third kappa shape index (κ3) is 10.3. The molecule has 0 saturated carbocycles. The number of hydrogen-bond acceptors (Lipinski definition) is 4. The maximum atomic E-state index is 11.5. The first kappa shape index (κ1) is 19.9. The van der Waals surface area contributed by atoms with Gasteiger partial charge in [0.25, 0.3) is 0 Å². The summed E-state index contributed by atoms with van der Waals surface area (Å²) in [5.41, 5.74) is 0.319. The highest BCUT2D eigenvalue weighted by Gasteiger charge is 2.19. The highest BCUT2D eigenvalue weighted by atomic mass is 16.6. The molecule has 0 atom stereocenters. The standard InChI is InChI=1S/C17H32O4/c1-7-16(3,4)9-11-20-14(18)13-15(19)21-12-10-17(5,6)8-2/h7-13H2,1-6H3. The average molecular weight is 300 g/mol. The molecule has 124 valence electrons. The van der Waals surface area contributed by atoms with Crippen molar-refractivity contribution >= 4 is 11.9 Å². The Kier molecular flexibility index (Phi) is 8.60. The summed E-state index contributed by atoms with van der Waals surface area (Å²) in [6.07, 6.45) is 3.36. The van der Waals surface area contributed by atoms with E-state index in [2.05, 4.69) is 41.5 Å². The highest BCUT2D eigenvalue weighted by Crippen LogP contribution is 2.24. The Morgan fingerprint density at radius 2 is 1.10 bits per heavy atom. The summed E-state index contributed by atoms with van der Waals surface area (Å²) >= 11 is 0. The van der Waals surface area contributed by atoms with Crippen molar-refractivity contribution in [1.29, 1.82) is 0 Å². The van der Waals surface area contributed by atoms with Crippen molar-refractivity contribution in [2.45, 2.75) is 73.6 Å². The third-order valence-electron chi connectivity index (χ3n) is 4.29. The molecular formula is C17H32O4. The minimum absolute atomic E-state index is 0.159. The van der Waals surface area contributed by atoms with Gasteiger partial charge in [0, 0.05) is 0 Å². The zero-order valence-corrected chi connectivity index (χ0v) is 14.6. The zero-order valence-electron chi connectivity index (χ0n) is 14.6. The van der Waals surface area contributed by atoms with Crippen LogP contribution in [0.15, 0.2) is 0 Å². The molecule has 21 heavy (non-hydrogen) atoms. The molecule has 0 aliphatic heterocycles. The smallest absolute Gasteiger partial charge is 0.317 e. The molecule has 0 saturated heterocycles. The molecule has 4 nitrogen and oxygen atoms in total. The van der Waals surface area contributed by atoms with E-state index >= 15 is 0 Å². The molecule has 0 unspecified atom stereocenters. The van der Waals surface area contributed by atoms with Gasteiger partial charge >= 0.3 is 11.9 Å². The Balaban J connectivity index is 3.83. The molecule has 0 bridgehead atoms. The number of rotatable bonds is 10. The Bertz CT molecular complexity index is 300. The van der Waals surface area contributed by atoms with Gasteiger partial charge in [0.15, 0.2) is 0 Å². The summed E-state index contributed by atoms with van der Waals surface area (Å²) < 4.78 is 10.2. The lowest BCUT2D eigenvalue weighted by Crippen LogP contribution is -2.20. The lowest BCUT2D eigenvalue weighted by atomic mass is 9.87. The van der Waals surface area contributed by atoms with Gasteiger partial charge in [-0.3, -0.25) is 9.59 Å². The summed E-state index contributed by atoms with van der Waals surface area (Å²) in [5, 5.41) is 0. The zero-order chi connectivity index (χ0) is 16.5. The van der Waals surface area contributed by atoms with Gasteiger partial charge in [-0.1, -0.05) is 54.4 Å². The van der Waals surface area contributed by atoms with Gasteiger partial charge in [-0.25, -0.2) is 0 Å². The van der Waals surface area contributed by atoms with Crippen LogP contribution < -0.4 is 0 Å². The Morgan fingerprint density at radius 3 is 1.38 bits per heavy atom. The van der Waals surface area contributed by atoms with Crippen molar-refractivity contribution in [2.75, 3.05) is 13.2 Å². The number of carbonyl (C=O) groups excluding carboxylic acids is 2. The van der Waals surface area contributed by atoms with Gasteiger partial charge in [0.2, 0.25) is 0 Å². The number of ether oxygens (including phenoxy) is 2. The van der Waals surface area contributed by atoms with E-state index in [1.807, 2.05) is 0 Å². The van der Waals surface area contributed by atoms with Crippen LogP contribution in [0.25, 0.3) is 0 Å². The van der Waals surface area contributed by atoms with E-state index < -0.39 is 11.9 Å². The first-order valence-corrected chi connectivity index (χ1v) is 7.93. The predicted octanol–water partition coefficient (Wildman–Crippen LogP) is 4.12. The summed E-state index contributed by atoms with van der Waals surface area (Å²) in [6, 6.07) is 0. The molecule has 0 N–H and O–H groups in total. The topological polar surface area (TPSA) is 52.6 Å². The molecule has 0 aromatic heterocycles. The molecule has 4 heteroatoms. The van der Waals surface area contributed by atoms with Crippen LogP contribution in [0.5, 0.6) is 0 Å². The summed E-state index contributed by atoms with van der Waals surface area (Å²) in [4.78, 5) is 23.0. The molecule has 0 radical (unpaired) electrons. The van der Waals surface area contributed by atoms with Crippen molar-refractivity contribution in [2.24, 2.45) is 10.8 Å². The van der Waals surface area contributed by atoms with Crippen LogP contribution >= 0.6 is 0 Å². The Morgan fingerprint density at radius 1 is 0.762 bits per heavy atom. The second kappa shape index (κ2) is 9.06. The normalized spacial score (nSPS) is 12.1. The number of hydrogen-bond donors (Lipinski definition) is 0. The van der Waals surface area contributed by atoms with E-state index in [9.17, 15) is 9.59 Å². The van der Waals surface area contributed by atoms with E-state index in [4.69, 9.17) is 9.47 Å². The van der Waals surface area contributed by atoms with E-state index in [-0.39, 0.29) is 17.3 Å². The van der Waals surface area contributed by atoms with Crippen molar-refractivity contribution in [1.82, 2.24) is 0 Å². The summed E-state index contributed by atoms with van der Waals surface area (Å²) in [5.74, 6) is -0.997. The molecule has 0 heterocycles. The lowest BCUT2D eigenvalue weighted by Gasteiger charge is -2.22. The van der Waals surface area contributed by atoms with Gasteiger partial charge < -0.3 is 9.47 Å². The lowest BCUT2D eigenvalue weighted by molar-refractivity contribution is -0.155. The summed E-state index contributed by atoms with van der Waals surface area (Å²) in [6.45, 7) is 13.4. The Hall–Kier alpha value is -1.06. The summed E-state index contributed by atoms with van der Waals surface area (Å²) in [7, 11) is 0. The molecule has 0 aromatic carbocycles. The first-order valence-electron chi connectivity index (χ1n) is 7.93. The van der Waals surface area contributed by atoms with Crippen LogP contribution in [0.4, 0.5) is 0 Å². The van der Waals surface area contributed by atoms with Crippen molar-refractivity contribution < 1.29 is 19.1 Å².